The fourth-order valence-corrected chi connectivity index (χ4v) is 1.78. The number of halogens is 1. The quantitative estimate of drug-likeness (QED) is 0.575. The van der Waals surface area contributed by atoms with Crippen LogP contribution in [0, 0.1) is 17.8 Å². The van der Waals surface area contributed by atoms with E-state index < -0.39 is 0 Å². The minimum absolute atomic E-state index is 0.164. The SMILES string of the molecule is CCC(C)C(CC)C(C)CF. The molecule has 68 valence electrons. The fourth-order valence-electron chi connectivity index (χ4n) is 1.78. The summed E-state index contributed by atoms with van der Waals surface area (Å²) in [7, 11) is 0. The second-order valence-corrected chi connectivity index (χ2v) is 3.59. The molecule has 0 nitrogen and oxygen atoms in total. The van der Waals surface area contributed by atoms with Crippen LogP contribution in [-0.4, -0.2) is 6.67 Å². The second kappa shape index (κ2) is 5.56. The maximum Gasteiger partial charge on any atom is 0.0922 e. The third kappa shape index (κ3) is 3.22. The van der Waals surface area contributed by atoms with Crippen molar-refractivity contribution in [2.45, 2.75) is 40.5 Å². The lowest BCUT2D eigenvalue weighted by atomic mass is 9.81. The first-order valence-corrected chi connectivity index (χ1v) is 4.73. The second-order valence-electron chi connectivity index (χ2n) is 3.59. The number of alkyl halides is 1. The molecule has 0 heterocycles. The van der Waals surface area contributed by atoms with E-state index in [9.17, 15) is 4.39 Å². The summed E-state index contributed by atoms with van der Waals surface area (Å²) < 4.78 is 12.3. The molecule has 11 heavy (non-hydrogen) atoms. The van der Waals surface area contributed by atoms with Crippen molar-refractivity contribution in [3.63, 3.8) is 0 Å². The van der Waals surface area contributed by atoms with Crippen LogP contribution >= 0.6 is 0 Å². The summed E-state index contributed by atoms with van der Waals surface area (Å²) in [5.74, 6) is 1.49. The molecule has 0 saturated carbocycles. The lowest BCUT2D eigenvalue weighted by Crippen LogP contribution is -2.19. The first kappa shape index (κ1) is 10.9. The maximum absolute atomic E-state index is 12.3. The minimum atomic E-state index is -0.164. The molecule has 0 bridgehead atoms. The van der Waals surface area contributed by atoms with Gasteiger partial charge in [0.05, 0.1) is 6.67 Å². The van der Waals surface area contributed by atoms with Crippen molar-refractivity contribution in [3.05, 3.63) is 0 Å². The van der Waals surface area contributed by atoms with Crippen molar-refractivity contribution >= 4 is 0 Å². The highest BCUT2D eigenvalue weighted by molar-refractivity contribution is 4.69. The Bertz CT molecular complexity index is 80.9. The molecule has 0 aromatic heterocycles. The van der Waals surface area contributed by atoms with Gasteiger partial charge in [0.1, 0.15) is 0 Å². The van der Waals surface area contributed by atoms with Crippen LogP contribution < -0.4 is 0 Å². The van der Waals surface area contributed by atoms with Crippen molar-refractivity contribution in [1.29, 1.82) is 0 Å². The van der Waals surface area contributed by atoms with Crippen LogP contribution in [0.5, 0.6) is 0 Å². The predicted octanol–water partition coefficient (Wildman–Crippen LogP) is 3.66. The molecule has 0 N–H and O–H groups in total. The number of rotatable bonds is 5. The molecule has 0 spiro atoms. The first-order chi connectivity index (χ1) is 5.17. The molecule has 0 amide bonds. The lowest BCUT2D eigenvalue weighted by molar-refractivity contribution is 0.202. The molecule has 0 aromatic rings. The van der Waals surface area contributed by atoms with E-state index in [0.717, 1.165) is 6.42 Å². The topological polar surface area (TPSA) is 0 Å². The zero-order chi connectivity index (χ0) is 8.85. The van der Waals surface area contributed by atoms with Crippen molar-refractivity contribution < 1.29 is 4.39 Å². The van der Waals surface area contributed by atoms with Gasteiger partial charge in [0.15, 0.2) is 0 Å². The van der Waals surface area contributed by atoms with Gasteiger partial charge in [0.2, 0.25) is 0 Å². The van der Waals surface area contributed by atoms with Gasteiger partial charge in [0.25, 0.3) is 0 Å². The molecular weight excluding hydrogens is 139 g/mol. The Morgan fingerprint density at radius 1 is 1.00 bits per heavy atom. The van der Waals surface area contributed by atoms with Crippen LogP contribution in [0.25, 0.3) is 0 Å². The molecule has 1 heteroatoms. The third-order valence-electron chi connectivity index (χ3n) is 2.82. The molecule has 3 atom stereocenters. The van der Waals surface area contributed by atoms with Crippen molar-refractivity contribution in [2.24, 2.45) is 17.8 Å². The summed E-state index contributed by atoms with van der Waals surface area (Å²) >= 11 is 0. The zero-order valence-corrected chi connectivity index (χ0v) is 8.23. The van der Waals surface area contributed by atoms with Gasteiger partial charge in [-0.2, -0.15) is 0 Å². The smallest absolute Gasteiger partial charge is 0.0922 e. The molecule has 0 radical (unpaired) electrons. The third-order valence-corrected chi connectivity index (χ3v) is 2.82. The van der Waals surface area contributed by atoms with Gasteiger partial charge < -0.3 is 0 Å². The molecule has 0 aromatic carbocycles. The summed E-state index contributed by atoms with van der Waals surface area (Å²) in [6.07, 6.45) is 2.28. The van der Waals surface area contributed by atoms with Gasteiger partial charge in [-0.25, -0.2) is 0 Å². The van der Waals surface area contributed by atoms with Crippen molar-refractivity contribution in [2.75, 3.05) is 6.67 Å². The molecule has 0 aliphatic carbocycles. The van der Waals surface area contributed by atoms with Crippen LogP contribution in [0.4, 0.5) is 4.39 Å². The highest BCUT2D eigenvalue weighted by atomic mass is 19.1. The Kier molecular flexibility index (Phi) is 5.53. The standard InChI is InChI=1S/C10H21F/c1-5-8(3)10(6-2)9(4)7-11/h8-10H,5-7H2,1-4H3. The Hall–Kier alpha value is -0.0700. The summed E-state index contributed by atoms with van der Waals surface area (Å²) in [5, 5.41) is 0. The highest BCUT2D eigenvalue weighted by Crippen LogP contribution is 2.26. The summed E-state index contributed by atoms with van der Waals surface area (Å²) in [5.41, 5.74) is 0. The van der Waals surface area contributed by atoms with Crippen molar-refractivity contribution in [3.8, 4) is 0 Å². The molecule has 0 saturated heterocycles. The number of hydrogen-bond donors (Lipinski definition) is 0. The molecule has 0 aliphatic rings. The van der Waals surface area contributed by atoms with Crippen LogP contribution in [-0.2, 0) is 0 Å². The average Bonchev–Trinajstić information content (AvgIpc) is 2.05. The molecular formula is C10H21F. The van der Waals surface area contributed by atoms with E-state index >= 15 is 0 Å². The van der Waals surface area contributed by atoms with E-state index in [1.165, 1.54) is 6.42 Å². The minimum Gasteiger partial charge on any atom is -0.251 e. The van der Waals surface area contributed by atoms with E-state index in [4.69, 9.17) is 0 Å². The van der Waals surface area contributed by atoms with Gasteiger partial charge in [-0.15, -0.1) is 0 Å². The summed E-state index contributed by atoms with van der Waals surface area (Å²) in [6.45, 7) is 8.41. The zero-order valence-electron chi connectivity index (χ0n) is 8.23. The van der Waals surface area contributed by atoms with Crippen molar-refractivity contribution in [1.82, 2.24) is 0 Å². The van der Waals surface area contributed by atoms with Gasteiger partial charge in [-0.05, 0) is 17.8 Å². The van der Waals surface area contributed by atoms with E-state index in [1.807, 2.05) is 6.92 Å². The van der Waals surface area contributed by atoms with Gasteiger partial charge in [0, 0.05) is 0 Å². The molecule has 0 fully saturated rings. The van der Waals surface area contributed by atoms with Gasteiger partial charge in [-0.3, -0.25) is 4.39 Å². The van der Waals surface area contributed by atoms with Gasteiger partial charge >= 0.3 is 0 Å². The maximum atomic E-state index is 12.3. The monoisotopic (exact) mass is 160 g/mol. The van der Waals surface area contributed by atoms with E-state index in [0.29, 0.717) is 11.8 Å². The van der Waals surface area contributed by atoms with Crippen LogP contribution in [0.3, 0.4) is 0 Å². The summed E-state index contributed by atoms with van der Waals surface area (Å²) in [6, 6.07) is 0. The number of hydrogen-bond acceptors (Lipinski definition) is 0. The molecule has 0 rings (SSSR count). The van der Waals surface area contributed by atoms with Crippen LogP contribution in [0.15, 0.2) is 0 Å². The Balaban J connectivity index is 3.92. The average molecular weight is 160 g/mol. The van der Waals surface area contributed by atoms with Crippen LogP contribution in [0.2, 0.25) is 0 Å². The predicted molar refractivity (Wildman–Crippen MR) is 48.4 cm³/mol. The van der Waals surface area contributed by atoms with E-state index in [1.54, 1.807) is 0 Å². The largest absolute Gasteiger partial charge is 0.251 e. The Labute approximate surface area is 70.2 Å². The Morgan fingerprint density at radius 2 is 1.55 bits per heavy atom. The normalized spacial score (nSPS) is 19.4. The van der Waals surface area contributed by atoms with E-state index in [-0.39, 0.29) is 12.6 Å². The lowest BCUT2D eigenvalue weighted by Gasteiger charge is -2.25. The van der Waals surface area contributed by atoms with Crippen LogP contribution in [0.1, 0.15) is 40.5 Å². The first-order valence-electron chi connectivity index (χ1n) is 4.73. The van der Waals surface area contributed by atoms with E-state index in [2.05, 4.69) is 20.8 Å². The molecule has 0 aliphatic heterocycles. The highest BCUT2D eigenvalue weighted by Gasteiger charge is 2.20. The molecule has 3 unspecified atom stereocenters. The Morgan fingerprint density at radius 3 is 1.82 bits per heavy atom. The fraction of sp³-hybridized carbons (Fsp3) is 1.00. The summed E-state index contributed by atoms with van der Waals surface area (Å²) in [4.78, 5) is 0. The van der Waals surface area contributed by atoms with Gasteiger partial charge in [-0.1, -0.05) is 40.5 Å².